The Hall–Kier alpha value is -0.570. The smallest absolute Gasteiger partial charge is 0.237 e. The minimum absolute atomic E-state index is 0.0358. The Labute approximate surface area is 189 Å². The highest BCUT2D eigenvalue weighted by Crippen LogP contribution is 2.46. The molecule has 4 atom stereocenters. The lowest BCUT2D eigenvalue weighted by Crippen LogP contribution is -2.56. The van der Waals surface area contributed by atoms with Crippen LogP contribution < -0.4 is 5.32 Å². The predicted octanol–water partition coefficient (Wildman–Crippen LogP) is 7.05. The Bertz CT molecular complexity index is 459. The van der Waals surface area contributed by atoms with Gasteiger partial charge in [0.05, 0.1) is 6.04 Å². The predicted molar refractivity (Wildman–Crippen MR) is 132 cm³/mol. The molecule has 2 bridgehead atoms. The summed E-state index contributed by atoms with van der Waals surface area (Å²) in [7, 11) is 0. The zero-order valence-corrected chi connectivity index (χ0v) is 21.7. The molecule has 1 aliphatic heterocycles. The first-order chi connectivity index (χ1) is 14.3. The number of nitrogens with zero attached hydrogens (tertiary/aromatic N) is 1. The van der Waals surface area contributed by atoms with Gasteiger partial charge in [-0.2, -0.15) is 0 Å². The molecule has 3 rings (SSSR count). The van der Waals surface area contributed by atoms with Gasteiger partial charge in [0, 0.05) is 12.1 Å². The summed E-state index contributed by atoms with van der Waals surface area (Å²) in [5.74, 6) is 3.56. The SMILES string of the molecule is CC.CCC.CCCC(C)CN1CCCC1C(=O)NC1(C)CC2CC(C)CC(C2)C1. The van der Waals surface area contributed by atoms with Crippen LogP contribution in [0.2, 0.25) is 0 Å². The summed E-state index contributed by atoms with van der Waals surface area (Å²) in [6, 6.07) is 0.122. The van der Waals surface area contributed by atoms with Gasteiger partial charge in [0.15, 0.2) is 0 Å². The molecule has 0 spiro atoms. The maximum Gasteiger partial charge on any atom is 0.237 e. The van der Waals surface area contributed by atoms with Crippen molar-refractivity contribution in [1.29, 1.82) is 0 Å². The van der Waals surface area contributed by atoms with Crippen molar-refractivity contribution in [2.24, 2.45) is 23.7 Å². The zero-order chi connectivity index (χ0) is 22.7. The minimum Gasteiger partial charge on any atom is -0.350 e. The summed E-state index contributed by atoms with van der Waals surface area (Å²) in [5, 5.41) is 3.54. The van der Waals surface area contributed by atoms with Gasteiger partial charge in [-0.05, 0) is 88.5 Å². The van der Waals surface area contributed by atoms with Crippen LogP contribution in [0.5, 0.6) is 0 Å². The van der Waals surface area contributed by atoms with Crippen LogP contribution in [0, 0.1) is 23.7 Å². The van der Waals surface area contributed by atoms with E-state index in [-0.39, 0.29) is 11.6 Å². The van der Waals surface area contributed by atoms with E-state index in [2.05, 4.69) is 51.8 Å². The molecule has 3 heteroatoms. The van der Waals surface area contributed by atoms with Gasteiger partial charge in [-0.1, -0.05) is 61.3 Å². The third-order valence-electron chi connectivity index (χ3n) is 7.04. The van der Waals surface area contributed by atoms with Crippen molar-refractivity contribution in [3.05, 3.63) is 0 Å². The van der Waals surface area contributed by atoms with Crippen molar-refractivity contribution in [2.75, 3.05) is 13.1 Å². The van der Waals surface area contributed by atoms with E-state index in [9.17, 15) is 4.79 Å². The average molecular weight is 423 g/mol. The molecule has 2 aliphatic carbocycles. The number of hydrogen-bond donors (Lipinski definition) is 1. The Kier molecular flexibility index (Phi) is 12.6. The Morgan fingerprint density at radius 1 is 1.10 bits per heavy atom. The largest absolute Gasteiger partial charge is 0.350 e. The number of fused-ring (bicyclic) bond motifs is 2. The highest BCUT2D eigenvalue weighted by atomic mass is 16.2. The number of amides is 1. The van der Waals surface area contributed by atoms with Gasteiger partial charge in [0.1, 0.15) is 0 Å². The monoisotopic (exact) mass is 422 g/mol. The van der Waals surface area contributed by atoms with Crippen molar-refractivity contribution < 1.29 is 4.79 Å². The molecular weight excluding hydrogens is 368 g/mol. The Morgan fingerprint density at radius 2 is 1.67 bits per heavy atom. The minimum atomic E-state index is 0.0358. The van der Waals surface area contributed by atoms with Gasteiger partial charge in [0.25, 0.3) is 0 Å². The van der Waals surface area contributed by atoms with Gasteiger partial charge in [-0.3, -0.25) is 9.69 Å². The fourth-order valence-electron chi connectivity index (χ4n) is 6.40. The quantitative estimate of drug-likeness (QED) is 0.497. The lowest BCUT2D eigenvalue weighted by atomic mass is 9.62. The summed E-state index contributed by atoms with van der Waals surface area (Å²) in [6.07, 6.45) is 12.5. The van der Waals surface area contributed by atoms with Gasteiger partial charge >= 0.3 is 0 Å². The molecule has 3 nitrogen and oxygen atoms in total. The van der Waals surface area contributed by atoms with Gasteiger partial charge in [-0.15, -0.1) is 0 Å². The van der Waals surface area contributed by atoms with E-state index in [1.807, 2.05) is 13.8 Å². The highest BCUT2D eigenvalue weighted by molar-refractivity contribution is 5.82. The van der Waals surface area contributed by atoms with Crippen LogP contribution in [0.1, 0.15) is 120 Å². The first kappa shape index (κ1) is 27.5. The summed E-state index contributed by atoms with van der Waals surface area (Å²) in [6.45, 7) is 19.8. The van der Waals surface area contributed by atoms with E-state index in [1.54, 1.807) is 0 Å². The second-order valence-corrected chi connectivity index (χ2v) is 10.8. The van der Waals surface area contributed by atoms with E-state index in [4.69, 9.17) is 0 Å². The molecule has 2 saturated carbocycles. The maximum absolute atomic E-state index is 13.1. The van der Waals surface area contributed by atoms with Crippen LogP contribution in [-0.4, -0.2) is 35.5 Å². The molecule has 1 saturated heterocycles. The Morgan fingerprint density at radius 3 is 2.20 bits per heavy atom. The lowest BCUT2D eigenvalue weighted by Gasteiger charge is -2.48. The first-order valence-electron chi connectivity index (χ1n) is 13.4. The molecule has 0 aromatic carbocycles. The highest BCUT2D eigenvalue weighted by Gasteiger charge is 2.43. The molecule has 0 aromatic heterocycles. The molecule has 0 aromatic rings. The molecule has 1 amide bonds. The van der Waals surface area contributed by atoms with Crippen molar-refractivity contribution in [3.8, 4) is 0 Å². The number of carbonyl (C=O) groups is 1. The molecule has 1 heterocycles. The third kappa shape index (κ3) is 8.52. The third-order valence-corrected chi connectivity index (χ3v) is 7.04. The van der Waals surface area contributed by atoms with Crippen LogP contribution in [-0.2, 0) is 4.79 Å². The van der Waals surface area contributed by atoms with Crippen molar-refractivity contribution in [2.45, 2.75) is 131 Å². The van der Waals surface area contributed by atoms with E-state index < -0.39 is 0 Å². The number of hydrogen-bond acceptors (Lipinski definition) is 2. The van der Waals surface area contributed by atoms with Crippen molar-refractivity contribution in [1.82, 2.24) is 10.2 Å². The molecule has 1 N–H and O–H groups in total. The van der Waals surface area contributed by atoms with Crippen molar-refractivity contribution >= 4 is 5.91 Å². The van der Waals surface area contributed by atoms with Crippen LogP contribution in [0.25, 0.3) is 0 Å². The number of likely N-dealkylation sites (tertiary alicyclic amines) is 1. The van der Waals surface area contributed by atoms with Crippen molar-refractivity contribution in [3.63, 3.8) is 0 Å². The van der Waals surface area contributed by atoms with Crippen LogP contribution in [0.15, 0.2) is 0 Å². The maximum atomic E-state index is 13.1. The van der Waals surface area contributed by atoms with E-state index in [0.717, 1.165) is 37.3 Å². The summed E-state index contributed by atoms with van der Waals surface area (Å²) >= 11 is 0. The van der Waals surface area contributed by atoms with Crippen LogP contribution >= 0.6 is 0 Å². The lowest BCUT2D eigenvalue weighted by molar-refractivity contribution is -0.128. The summed E-state index contributed by atoms with van der Waals surface area (Å²) in [4.78, 5) is 15.6. The normalized spacial score (nSPS) is 34.1. The fourth-order valence-corrected chi connectivity index (χ4v) is 6.40. The fraction of sp³-hybridized carbons (Fsp3) is 0.963. The second kappa shape index (κ2) is 13.8. The molecule has 30 heavy (non-hydrogen) atoms. The molecule has 3 aliphatic rings. The summed E-state index contributed by atoms with van der Waals surface area (Å²) in [5.41, 5.74) is 0.0358. The van der Waals surface area contributed by atoms with Gasteiger partial charge in [-0.25, -0.2) is 0 Å². The first-order valence-corrected chi connectivity index (χ1v) is 13.4. The summed E-state index contributed by atoms with van der Waals surface area (Å²) < 4.78 is 0. The molecule has 0 radical (unpaired) electrons. The standard InChI is InChI=1S/C22H40N2O.C3H8.C2H6/c1-5-7-16(2)15-24-9-6-8-20(24)21(25)23-22(4)13-18-10-17(3)11-19(12-18)14-22;1-3-2;1-2/h16-20H,5-15H2,1-4H3,(H,23,25);3H2,1-2H3;1-2H3. The van der Waals surface area contributed by atoms with E-state index in [0.29, 0.717) is 11.8 Å². The number of carbonyl (C=O) groups excluding carboxylic acids is 1. The van der Waals surface area contributed by atoms with Gasteiger partial charge < -0.3 is 5.32 Å². The average Bonchev–Trinajstić information content (AvgIpc) is 3.10. The number of nitrogens with one attached hydrogen (secondary N) is 1. The molecule has 178 valence electrons. The molecule has 3 fully saturated rings. The van der Waals surface area contributed by atoms with Crippen LogP contribution in [0.3, 0.4) is 0 Å². The molecule has 4 unspecified atom stereocenters. The number of rotatable bonds is 6. The van der Waals surface area contributed by atoms with Gasteiger partial charge in [0.2, 0.25) is 5.91 Å². The second-order valence-electron chi connectivity index (χ2n) is 10.8. The topological polar surface area (TPSA) is 32.3 Å². The van der Waals surface area contributed by atoms with E-state index in [1.165, 1.54) is 57.8 Å². The van der Waals surface area contributed by atoms with E-state index >= 15 is 0 Å². The zero-order valence-electron chi connectivity index (χ0n) is 21.7. The Balaban J connectivity index is 0.000000826. The van der Waals surface area contributed by atoms with Crippen LogP contribution in [0.4, 0.5) is 0 Å². The molecular formula is C27H54N2O.